The van der Waals surface area contributed by atoms with E-state index in [4.69, 9.17) is 5.73 Å². The Bertz CT molecular complexity index is 780. The first kappa shape index (κ1) is 12.2. The molecule has 3 rings (SSSR count). The van der Waals surface area contributed by atoms with E-state index in [-0.39, 0.29) is 5.82 Å². The second kappa shape index (κ2) is 4.35. The van der Waals surface area contributed by atoms with Crippen LogP contribution >= 0.6 is 15.9 Å². The topological polar surface area (TPSA) is 43.3 Å². The summed E-state index contributed by atoms with van der Waals surface area (Å²) in [6, 6.07) is 8.64. The highest BCUT2D eigenvalue weighted by atomic mass is 79.9. The Labute approximate surface area is 118 Å². The van der Waals surface area contributed by atoms with Crippen molar-refractivity contribution >= 4 is 27.4 Å². The van der Waals surface area contributed by atoms with Crippen molar-refractivity contribution in [3.63, 3.8) is 0 Å². The molecule has 0 aliphatic rings. The van der Waals surface area contributed by atoms with Crippen LogP contribution in [0.5, 0.6) is 0 Å². The highest BCUT2D eigenvalue weighted by Crippen LogP contribution is 2.29. The highest BCUT2D eigenvalue weighted by molar-refractivity contribution is 9.10. The maximum Gasteiger partial charge on any atom is 0.139 e. The van der Waals surface area contributed by atoms with Crippen LogP contribution < -0.4 is 5.73 Å². The Morgan fingerprint density at radius 1 is 1.26 bits per heavy atom. The van der Waals surface area contributed by atoms with Gasteiger partial charge in [-0.2, -0.15) is 0 Å². The summed E-state index contributed by atoms with van der Waals surface area (Å²) in [7, 11) is 0. The van der Waals surface area contributed by atoms with Gasteiger partial charge in [0.1, 0.15) is 23.0 Å². The number of aromatic nitrogens is 2. The first-order valence-electron chi connectivity index (χ1n) is 5.76. The van der Waals surface area contributed by atoms with Gasteiger partial charge in [0.05, 0.1) is 4.47 Å². The van der Waals surface area contributed by atoms with Crippen LogP contribution in [0.25, 0.3) is 16.9 Å². The van der Waals surface area contributed by atoms with Gasteiger partial charge in [-0.15, -0.1) is 0 Å². The van der Waals surface area contributed by atoms with Crippen LogP contribution in [0.3, 0.4) is 0 Å². The number of fused-ring (bicyclic) bond motifs is 1. The molecule has 0 bridgehead atoms. The molecule has 0 unspecified atom stereocenters. The summed E-state index contributed by atoms with van der Waals surface area (Å²) in [4.78, 5) is 4.49. The average Bonchev–Trinajstić information content (AvgIpc) is 2.70. The third-order valence-electron chi connectivity index (χ3n) is 3.00. The van der Waals surface area contributed by atoms with Gasteiger partial charge in [-0.3, -0.25) is 4.40 Å². The number of hydrogen-bond donors (Lipinski definition) is 1. The maximum atomic E-state index is 13.3. The number of anilines is 1. The fourth-order valence-corrected chi connectivity index (χ4v) is 2.40. The lowest BCUT2D eigenvalue weighted by Crippen LogP contribution is -1.94. The summed E-state index contributed by atoms with van der Waals surface area (Å²) < 4.78 is 15.5. The molecule has 0 aliphatic carbocycles. The molecule has 19 heavy (non-hydrogen) atoms. The van der Waals surface area contributed by atoms with Gasteiger partial charge in [-0.05, 0) is 52.7 Å². The Morgan fingerprint density at radius 3 is 2.79 bits per heavy atom. The smallest absolute Gasteiger partial charge is 0.139 e. The summed E-state index contributed by atoms with van der Waals surface area (Å²) in [5.74, 6) is 0.249. The number of nitrogens with two attached hydrogens (primary N) is 1. The van der Waals surface area contributed by atoms with Crippen LogP contribution in [0.15, 0.2) is 41.0 Å². The zero-order chi connectivity index (χ0) is 13.6. The number of pyridine rings is 1. The van der Waals surface area contributed by atoms with E-state index in [1.165, 1.54) is 6.07 Å². The van der Waals surface area contributed by atoms with Crippen molar-refractivity contribution in [3.05, 3.63) is 52.4 Å². The van der Waals surface area contributed by atoms with E-state index in [0.29, 0.717) is 16.0 Å². The molecule has 1 aromatic carbocycles. The van der Waals surface area contributed by atoms with E-state index in [9.17, 15) is 4.39 Å². The lowest BCUT2D eigenvalue weighted by Gasteiger charge is -2.01. The van der Waals surface area contributed by atoms with Gasteiger partial charge >= 0.3 is 0 Å². The molecule has 2 N–H and O–H groups in total. The number of imidazole rings is 1. The van der Waals surface area contributed by atoms with Crippen molar-refractivity contribution in [2.45, 2.75) is 6.92 Å². The normalized spacial score (nSPS) is 11.1. The fraction of sp³-hybridized carbons (Fsp3) is 0.0714. The largest absolute Gasteiger partial charge is 0.383 e. The number of nitrogens with zero attached hydrogens (tertiary/aromatic N) is 2. The number of hydrogen-bond acceptors (Lipinski definition) is 2. The summed E-state index contributed by atoms with van der Waals surface area (Å²) in [6.07, 6.45) is 1.93. The fourth-order valence-electron chi connectivity index (χ4n) is 2.02. The van der Waals surface area contributed by atoms with E-state index < -0.39 is 0 Å². The molecule has 0 fully saturated rings. The Hall–Kier alpha value is -1.88. The Balaban J connectivity index is 2.24. The molecule has 0 amide bonds. The summed E-state index contributed by atoms with van der Waals surface area (Å²) in [6.45, 7) is 1.99. The van der Waals surface area contributed by atoms with E-state index in [1.807, 2.05) is 29.7 Å². The molecule has 2 heterocycles. The van der Waals surface area contributed by atoms with Crippen LogP contribution in [-0.4, -0.2) is 9.38 Å². The van der Waals surface area contributed by atoms with Crippen molar-refractivity contribution in [3.8, 4) is 11.3 Å². The van der Waals surface area contributed by atoms with E-state index in [1.54, 1.807) is 12.1 Å². The average molecular weight is 320 g/mol. The number of rotatable bonds is 1. The highest BCUT2D eigenvalue weighted by Gasteiger charge is 2.12. The minimum Gasteiger partial charge on any atom is -0.383 e. The molecule has 0 saturated carbocycles. The number of nitrogen functional groups attached to an aromatic ring is 1. The molecule has 0 atom stereocenters. The standard InChI is InChI=1S/C14H11BrFN3/c1-8-2-5-12-18-13(14(17)19(12)7-8)9-3-4-11(16)10(15)6-9/h2-7H,17H2,1H3. The Kier molecular flexibility index (Phi) is 2.78. The molecule has 5 heteroatoms. The monoisotopic (exact) mass is 319 g/mol. The van der Waals surface area contributed by atoms with Gasteiger partial charge in [0.25, 0.3) is 0 Å². The van der Waals surface area contributed by atoms with Crippen molar-refractivity contribution < 1.29 is 4.39 Å². The number of benzene rings is 1. The second-order valence-corrected chi connectivity index (χ2v) is 5.26. The summed E-state index contributed by atoms with van der Waals surface area (Å²) in [5, 5.41) is 0. The van der Waals surface area contributed by atoms with E-state index in [2.05, 4.69) is 20.9 Å². The van der Waals surface area contributed by atoms with E-state index in [0.717, 1.165) is 16.8 Å². The van der Waals surface area contributed by atoms with Gasteiger partial charge in [0, 0.05) is 11.8 Å². The van der Waals surface area contributed by atoms with Crippen molar-refractivity contribution in [2.75, 3.05) is 5.73 Å². The van der Waals surface area contributed by atoms with Crippen LogP contribution in [0.4, 0.5) is 10.2 Å². The molecule has 0 radical (unpaired) electrons. The van der Waals surface area contributed by atoms with Gasteiger partial charge in [-0.1, -0.05) is 6.07 Å². The second-order valence-electron chi connectivity index (χ2n) is 4.41. The number of aryl methyl sites for hydroxylation is 1. The predicted octanol–water partition coefficient (Wildman–Crippen LogP) is 3.79. The molecule has 0 aliphatic heterocycles. The van der Waals surface area contributed by atoms with Gasteiger partial charge < -0.3 is 5.73 Å². The summed E-state index contributed by atoms with van der Waals surface area (Å²) in [5.41, 5.74) is 9.44. The lowest BCUT2D eigenvalue weighted by molar-refractivity contribution is 0.621. The first-order chi connectivity index (χ1) is 9.06. The molecule has 3 nitrogen and oxygen atoms in total. The zero-order valence-electron chi connectivity index (χ0n) is 10.2. The maximum absolute atomic E-state index is 13.3. The van der Waals surface area contributed by atoms with Gasteiger partial charge in [-0.25, -0.2) is 9.37 Å². The molecule has 0 spiro atoms. The van der Waals surface area contributed by atoms with Crippen LogP contribution in [0, 0.1) is 12.7 Å². The molecular formula is C14H11BrFN3. The number of halogens is 2. The quantitative estimate of drug-likeness (QED) is 0.741. The SMILES string of the molecule is Cc1ccc2nc(-c3ccc(F)c(Br)c3)c(N)n2c1. The van der Waals surface area contributed by atoms with Crippen molar-refractivity contribution in [1.29, 1.82) is 0 Å². The third kappa shape index (κ3) is 2.00. The molecule has 0 saturated heterocycles. The van der Waals surface area contributed by atoms with Crippen molar-refractivity contribution in [1.82, 2.24) is 9.38 Å². The molecule has 96 valence electrons. The van der Waals surface area contributed by atoms with Crippen LogP contribution in [0.1, 0.15) is 5.56 Å². The zero-order valence-corrected chi connectivity index (χ0v) is 11.8. The minimum absolute atomic E-state index is 0.304. The minimum atomic E-state index is -0.304. The van der Waals surface area contributed by atoms with Gasteiger partial charge in [0.2, 0.25) is 0 Å². The van der Waals surface area contributed by atoms with Crippen molar-refractivity contribution in [2.24, 2.45) is 0 Å². The lowest BCUT2D eigenvalue weighted by atomic mass is 10.1. The predicted molar refractivity (Wildman–Crippen MR) is 77.4 cm³/mol. The summed E-state index contributed by atoms with van der Waals surface area (Å²) >= 11 is 3.17. The van der Waals surface area contributed by atoms with Gasteiger partial charge in [0.15, 0.2) is 0 Å². The molecular weight excluding hydrogens is 309 g/mol. The van der Waals surface area contributed by atoms with Crippen LogP contribution in [0.2, 0.25) is 0 Å². The first-order valence-corrected chi connectivity index (χ1v) is 6.55. The van der Waals surface area contributed by atoms with Crippen LogP contribution in [-0.2, 0) is 0 Å². The third-order valence-corrected chi connectivity index (χ3v) is 3.60. The Morgan fingerprint density at radius 2 is 2.05 bits per heavy atom. The van der Waals surface area contributed by atoms with E-state index >= 15 is 0 Å². The molecule has 3 aromatic rings. The molecule has 2 aromatic heterocycles.